The average molecular weight is 431 g/mol. The summed E-state index contributed by atoms with van der Waals surface area (Å²) in [4.78, 5) is 27.5. The van der Waals surface area contributed by atoms with E-state index >= 15 is 0 Å². The summed E-state index contributed by atoms with van der Waals surface area (Å²) >= 11 is 0. The number of aromatic nitrogens is 1. The highest BCUT2D eigenvalue weighted by atomic mass is 16.5. The Balaban J connectivity index is 1.74. The molecule has 0 bridgehead atoms. The maximum Gasteiger partial charge on any atom is 0.274 e. The summed E-state index contributed by atoms with van der Waals surface area (Å²) in [6.45, 7) is 3.38. The first-order valence-corrected chi connectivity index (χ1v) is 10.7. The number of para-hydroxylation sites is 1. The number of fused-ring (bicyclic) bond motifs is 3. The van der Waals surface area contributed by atoms with Gasteiger partial charge in [-0.15, -0.1) is 0 Å². The summed E-state index contributed by atoms with van der Waals surface area (Å²) in [5.74, 6) is 0.647. The number of benzene rings is 2. The molecule has 2 aliphatic heterocycles. The molecule has 0 radical (unpaired) electrons. The van der Waals surface area contributed by atoms with Crippen molar-refractivity contribution in [1.29, 1.82) is 0 Å². The Hall–Kier alpha value is -3.58. The molecular formula is C25H25N3O4. The molecule has 32 heavy (non-hydrogen) atoms. The van der Waals surface area contributed by atoms with Crippen LogP contribution >= 0.6 is 0 Å². The van der Waals surface area contributed by atoms with Crippen LogP contribution in [-0.4, -0.2) is 42.4 Å². The van der Waals surface area contributed by atoms with Crippen LogP contribution in [0.3, 0.4) is 0 Å². The fraction of sp³-hybridized carbons (Fsp3) is 0.280. The van der Waals surface area contributed by atoms with Gasteiger partial charge in [0.1, 0.15) is 30.8 Å². The van der Waals surface area contributed by atoms with E-state index in [0.717, 1.165) is 22.4 Å². The van der Waals surface area contributed by atoms with Crippen molar-refractivity contribution < 1.29 is 14.3 Å². The predicted octanol–water partition coefficient (Wildman–Crippen LogP) is 2.84. The standard InChI is InChI=1S/C25H25N3O4/c1-17-21(29)11-12-27-23(17)25(30)26(13-14-31-2)16-28(27)24-19-8-4-3-7-18(19)15-32-22-10-6-5-9-20(22)24/h3-12,24H,13-16H2,1-2H3. The van der Waals surface area contributed by atoms with Gasteiger partial charge in [0.2, 0.25) is 0 Å². The number of hydrogen-bond acceptors (Lipinski definition) is 5. The number of carbonyl (C=O) groups excluding carboxylic acids is 1. The largest absolute Gasteiger partial charge is 0.489 e. The average Bonchev–Trinajstić information content (AvgIpc) is 2.98. The second-order valence-electron chi connectivity index (χ2n) is 8.07. The Morgan fingerprint density at radius 1 is 1.03 bits per heavy atom. The van der Waals surface area contributed by atoms with Crippen molar-refractivity contribution in [3.8, 4) is 5.75 Å². The fourth-order valence-corrected chi connectivity index (χ4v) is 4.55. The summed E-state index contributed by atoms with van der Waals surface area (Å²) in [6, 6.07) is 17.5. The van der Waals surface area contributed by atoms with Crippen molar-refractivity contribution in [1.82, 2.24) is 9.58 Å². The van der Waals surface area contributed by atoms with Gasteiger partial charge in [-0.1, -0.05) is 42.5 Å². The summed E-state index contributed by atoms with van der Waals surface area (Å²) in [6.07, 6.45) is 1.70. The second kappa shape index (κ2) is 8.16. The number of ether oxygens (including phenoxy) is 2. The van der Waals surface area contributed by atoms with E-state index in [1.807, 2.05) is 35.0 Å². The third-order valence-electron chi connectivity index (χ3n) is 6.21. The van der Waals surface area contributed by atoms with Crippen molar-refractivity contribution in [2.45, 2.75) is 19.6 Å². The number of nitrogens with zero attached hydrogens (tertiary/aromatic N) is 3. The molecule has 164 valence electrons. The maximum atomic E-state index is 13.3. The fourth-order valence-electron chi connectivity index (χ4n) is 4.55. The van der Waals surface area contributed by atoms with Gasteiger partial charge in [0.05, 0.1) is 6.61 Å². The number of hydrogen-bond donors (Lipinski definition) is 0. The van der Waals surface area contributed by atoms with Crippen LogP contribution in [-0.2, 0) is 11.3 Å². The number of carbonyl (C=O) groups is 1. The van der Waals surface area contributed by atoms with E-state index in [-0.39, 0.29) is 17.4 Å². The van der Waals surface area contributed by atoms with Crippen LogP contribution in [0.15, 0.2) is 65.6 Å². The Morgan fingerprint density at radius 2 is 1.78 bits per heavy atom. The molecule has 2 aromatic carbocycles. The second-order valence-corrected chi connectivity index (χ2v) is 8.07. The van der Waals surface area contributed by atoms with E-state index in [2.05, 4.69) is 23.2 Å². The molecule has 1 atom stereocenters. The number of rotatable bonds is 4. The lowest BCUT2D eigenvalue weighted by Crippen LogP contribution is -2.56. The molecule has 0 saturated carbocycles. The van der Waals surface area contributed by atoms with Crippen LogP contribution < -0.4 is 15.2 Å². The molecule has 7 heteroatoms. The van der Waals surface area contributed by atoms with Crippen molar-refractivity contribution in [2.24, 2.45) is 0 Å². The number of amides is 1. The summed E-state index contributed by atoms with van der Waals surface area (Å²) in [5, 5.41) is 2.13. The molecule has 0 N–H and O–H groups in total. The predicted molar refractivity (Wildman–Crippen MR) is 120 cm³/mol. The molecule has 1 amide bonds. The lowest BCUT2D eigenvalue weighted by molar-refractivity contribution is 0.0618. The van der Waals surface area contributed by atoms with E-state index in [4.69, 9.17) is 9.47 Å². The lowest BCUT2D eigenvalue weighted by atomic mass is 9.94. The van der Waals surface area contributed by atoms with Gasteiger partial charge in [-0.3, -0.25) is 19.3 Å². The first-order valence-electron chi connectivity index (χ1n) is 10.7. The summed E-state index contributed by atoms with van der Waals surface area (Å²) in [5.41, 5.74) is 3.90. The topological polar surface area (TPSA) is 64.0 Å². The van der Waals surface area contributed by atoms with Gasteiger partial charge in [0.25, 0.3) is 5.91 Å². The zero-order chi connectivity index (χ0) is 22.2. The minimum atomic E-state index is -0.205. The zero-order valence-corrected chi connectivity index (χ0v) is 18.2. The van der Waals surface area contributed by atoms with Gasteiger partial charge in [-0.25, -0.2) is 0 Å². The van der Waals surface area contributed by atoms with Gasteiger partial charge in [-0.2, -0.15) is 0 Å². The zero-order valence-electron chi connectivity index (χ0n) is 18.2. The normalized spacial score (nSPS) is 17.2. The van der Waals surface area contributed by atoms with E-state index in [9.17, 15) is 9.59 Å². The molecule has 3 heterocycles. The molecular weight excluding hydrogens is 406 g/mol. The molecule has 1 unspecified atom stereocenters. The summed E-state index contributed by atoms with van der Waals surface area (Å²) < 4.78 is 13.2. The Kier molecular flexibility index (Phi) is 5.19. The monoisotopic (exact) mass is 431 g/mol. The molecule has 0 fully saturated rings. The van der Waals surface area contributed by atoms with Crippen LogP contribution in [0.4, 0.5) is 0 Å². The van der Waals surface area contributed by atoms with Gasteiger partial charge in [0.15, 0.2) is 5.43 Å². The summed E-state index contributed by atoms with van der Waals surface area (Å²) in [7, 11) is 1.62. The molecule has 0 aliphatic carbocycles. The Bertz CT molecular complexity index is 1190. The van der Waals surface area contributed by atoms with Crippen molar-refractivity contribution in [3.63, 3.8) is 0 Å². The molecule has 0 saturated heterocycles. The molecule has 3 aromatic rings. The first-order chi connectivity index (χ1) is 15.6. The van der Waals surface area contributed by atoms with E-state index in [1.54, 1.807) is 25.1 Å². The first kappa shape index (κ1) is 20.3. The molecule has 5 rings (SSSR count). The smallest absolute Gasteiger partial charge is 0.274 e. The molecule has 2 aliphatic rings. The lowest BCUT2D eigenvalue weighted by Gasteiger charge is -2.44. The molecule has 0 spiro atoms. The highest BCUT2D eigenvalue weighted by Gasteiger charge is 2.37. The van der Waals surface area contributed by atoms with Gasteiger partial charge >= 0.3 is 0 Å². The van der Waals surface area contributed by atoms with Crippen LogP contribution in [0, 0.1) is 6.92 Å². The van der Waals surface area contributed by atoms with Gasteiger partial charge < -0.3 is 14.4 Å². The number of methoxy groups -OCH3 is 1. The molecule has 7 nitrogen and oxygen atoms in total. The third-order valence-corrected chi connectivity index (χ3v) is 6.21. The van der Waals surface area contributed by atoms with Crippen molar-refractivity contribution in [3.05, 3.63) is 99.0 Å². The minimum Gasteiger partial charge on any atom is -0.489 e. The van der Waals surface area contributed by atoms with E-state index in [1.165, 1.54) is 6.07 Å². The quantitative estimate of drug-likeness (QED) is 0.636. The van der Waals surface area contributed by atoms with Crippen LogP contribution in [0.5, 0.6) is 5.75 Å². The maximum absolute atomic E-state index is 13.3. The van der Waals surface area contributed by atoms with Crippen LogP contribution in [0.2, 0.25) is 0 Å². The SMILES string of the molecule is COCCN1CN(C2c3ccccc3COc3ccccc32)n2ccc(=O)c(C)c2C1=O. The Labute approximate surface area is 186 Å². The van der Waals surface area contributed by atoms with Gasteiger partial charge in [0, 0.05) is 37.0 Å². The van der Waals surface area contributed by atoms with Crippen LogP contribution in [0.1, 0.15) is 38.8 Å². The van der Waals surface area contributed by atoms with Crippen LogP contribution in [0.25, 0.3) is 0 Å². The minimum absolute atomic E-state index is 0.150. The molecule has 1 aromatic heterocycles. The highest BCUT2D eigenvalue weighted by Crippen LogP contribution is 2.40. The van der Waals surface area contributed by atoms with Gasteiger partial charge in [-0.05, 0) is 24.1 Å². The number of pyridine rings is 1. The highest BCUT2D eigenvalue weighted by molar-refractivity contribution is 5.95. The Morgan fingerprint density at radius 3 is 2.59 bits per heavy atom. The van der Waals surface area contributed by atoms with Crippen molar-refractivity contribution in [2.75, 3.05) is 31.9 Å². The van der Waals surface area contributed by atoms with E-state index < -0.39 is 0 Å². The third kappa shape index (κ3) is 3.26. The van der Waals surface area contributed by atoms with E-state index in [0.29, 0.717) is 37.7 Å². The van der Waals surface area contributed by atoms with Crippen molar-refractivity contribution >= 4 is 5.91 Å².